The average Bonchev–Trinajstić information content (AvgIpc) is 2.65. The third-order valence-corrected chi connectivity index (χ3v) is 2.61. The molecule has 0 bridgehead atoms. The van der Waals surface area contributed by atoms with Gasteiger partial charge in [0.1, 0.15) is 12.6 Å². The van der Waals surface area contributed by atoms with E-state index in [0.717, 1.165) is 4.90 Å². The summed E-state index contributed by atoms with van der Waals surface area (Å²) in [5.74, 6) is -1.90. The third-order valence-electron chi connectivity index (χ3n) is 2.61. The standard InChI is InChI=1S/C10H14F3NO5/c11-10(12,13)5-19-2-1-8(16)14-4-6(15)3-7(14)9(17)18/h6-7,15H,1-5H2,(H,17,18)/t6-,7+/m1/s1. The molecule has 1 aliphatic rings. The van der Waals surface area contributed by atoms with Crippen LogP contribution in [-0.4, -0.2) is 65.1 Å². The predicted molar refractivity (Wildman–Crippen MR) is 55.3 cm³/mol. The minimum absolute atomic E-state index is 0.0789. The topological polar surface area (TPSA) is 87.1 Å². The van der Waals surface area contributed by atoms with Crippen molar-refractivity contribution in [1.82, 2.24) is 4.90 Å². The van der Waals surface area contributed by atoms with Crippen molar-refractivity contribution in [2.24, 2.45) is 0 Å². The predicted octanol–water partition coefficient (Wildman–Crippen LogP) is 0.00180. The molecule has 19 heavy (non-hydrogen) atoms. The van der Waals surface area contributed by atoms with E-state index in [1.807, 2.05) is 0 Å². The average molecular weight is 285 g/mol. The van der Waals surface area contributed by atoms with Gasteiger partial charge in [0.2, 0.25) is 5.91 Å². The van der Waals surface area contributed by atoms with E-state index < -0.39 is 43.4 Å². The maximum Gasteiger partial charge on any atom is 0.411 e. The number of aliphatic hydroxyl groups excluding tert-OH is 1. The fourth-order valence-corrected chi connectivity index (χ4v) is 1.81. The van der Waals surface area contributed by atoms with Gasteiger partial charge in [0.15, 0.2) is 0 Å². The highest BCUT2D eigenvalue weighted by atomic mass is 19.4. The lowest BCUT2D eigenvalue weighted by atomic mass is 10.2. The molecule has 1 heterocycles. The molecule has 2 N–H and O–H groups in total. The smallest absolute Gasteiger partial charge is 0.411 e. The van der Waals surface area contributed by atoms with Crippen molar-refractivity contribution in [3.63, 3.8) is 0 Å². The van der Waals surface area contributed by atoms with E-state index >= 15 is 0 Å². The molecule has 1 aliphatic heterocycles. The van der Waals surface area contributed by atoms with Gasteiger partial charge in [-0.3, -0.25) is 4.79 Å². The second-order valence-corrected chi connectivity index (χ2v) is 4.21. The number of rotatable bonds is 5. The number of aliphatic hydroxyl groups is 1. The van der Waals surface area contributed by atoms with Crippen LogP contribution in [0.15, 0.2) is 0 Å². The fourth-order valence-electron chi connectivity index (χ4n) is 1.81. The number of carbonyl (C=O) groups excluding carboxylic acids is 1. The van der Waals surface area contributed by atoms with Crippen molar-refractivity contribution >= 4 is 11.9 Å². The Hall–Kier alpha value is -1.35. The molecule has 0 aromatic heterocycles. The van der Waals surface area contributed by atoms with Crippen LogP contribution in [0.1, 0.15) is 12.8 Å². The number of hydrogen-bond acceptors (Lipinski definition) is 4. The fraction of sp³-hybridized carbons (Fsp3) is 0.800. The van der Waals surface area contributed by atoms with Gasteiger partial charge in [-0.15, -0.1) is 0 Å². The molecule has 0 spiro atoms. The van der Waals surface area contributed by atoms with Crippen LogP contribution in [-0.2, 0) is 14.3 Å². The molecule has 9 heteroatoms. The first-order chi connectivity index (χ1) is 8.70. The molecule has 1 fully saturated rings. The Morgan fingerprint density at radius 2 is 2.00 bits per heavy atom. The van der Waals surface area contributed by atoms with Gasteiger partial charge in [-0.25, -0.2) is 4.79 Å². The summed E-state index contributed by atoms with van der Waals surface area (Å²) in [5, 5.41) is 18.2. The Kier molecular flexibility index (Phi) is 5.12. The number of halogens is 3. The van der Waals surface area contributed by atoms with E-state index in [-0.39, 0.29) is 19.4 Å². The lowest BCUT2D eigenvalue weighted by Gasteiger charge is -2.21. The van der Waals surface area contributed by atoms with Gasteiger partial charge in [0, 0.05) is 13.0 Å². The molecular weight excluding hydrogens is 271 g/mol. The maximum atomic E-state index is 11.8. The zero-order valence-corrected chi connectivity index (χ0v) is 9.89. The Labute approximate surface area is 106 Å². The largest absolute Gasteiger partial charge is 0.480 e. The van der Waals surface area contributed by atoms with Crippen molar-refractivity contribution in [3.8, 4) is 0 Å². The molecule has 1 amide bonds. The molecular formula is C10H14F3NO5. The SMILES string of the molecule is O=C(O)[C@@H]1C[C@@H](O)CN1C(=O)CCOCC(F)(F)F. The zero-order valence-electron chi connectivity index (χ0n) is 9.89. The van der Waals surface area contributed by atoms with Crippen LogP contribution >= 0.6 is 0 Å². The second kappa shape index (κ2) is 6.20. The van der Waals surface area contributed by atoms with Crippen LogP contribution in [0.3, 0.4) is 0 Å². The molecule has 1 saturated heterocycles. The second-order valence-electron chi connectivity index (χ2n) is 4.21. The minimum atomic E-state index is -4.46. The highest BCUT2D eigenvalue weighted by molar-refractivity contribution is 5.84. The molecule has 6 nitrogen and oxygen atoms in total. The number of carboxylic acids is 1. The Balaban J connectivity index is 2.38. The normalized spacial score (nSPS) is 23.7. The van der Waals surface area contributed by atoms with Crippen LogP contribution in [0, 0.1) is 0 Å². The molecule has 0 aromatic carbocycles. The summed E-state index contributed by atoms with van der Waals surface area (Å²) in [6, 6.07) is -1.13. The van der Waals surface area contributed by atoms with Crippen molar-refractivity contribution in [1.29, 1.82) is 0 Å². The van der Waals surface area contributed by atoms with Crippen molar-refractivity contribution < 1.29 is 37.7 Å². The number of carboxylic acid groups (broad SMARTS) is 1. The Morgan fingerprint density at radius 1 is 1.37 bits per heavy atom. The number of hydrogen-bond donors (Lipinski definition) is 2. The maximum absolute atomic E-state index is 11.8. The van der Waals surface area contributed by atoms with Crippen LogP contribution in [0.2, 0.25) is 0 Å². The van der Waals surface area contributed by atoms with Gasteiger partial charge in [-0.1, -0.05) is 0 Å². The Bertz CT molecular complexity index is 347. The molecule has 110 valence electrons. The quantitative estimate of drug-likeness (QED) is 0.694. The van der Waals surface area contributed by atoms with Gasteiger partial charge in [0.05, 0.1) is 19.1 Å². The molecule has 0 unspecified atom stereocenters. The van der Waals surface area contributed by atoms with Crippen LogP contribution in [0.4, 0.5) is 13.2 Å². The van der Waals surface area contributed by atoms with E-state index in [0.29, 0.717) is 0 Å². The first kappa shape index (κ1) is 15.7. The number of β-amino-alcohol motifs (C(OH)–C–C–N with tert-alkyl or cyclic N) is 1. The first-order valence-corrected chi connectivity index (χ1v) is 5.55. The van der Waals surface area contributed by atoms with E-state index in [1.54, 1.807) is 0 Å². The number of amides is 1. The van der Waals surface area contributed by atoms with Crippen molar-refractivity contribution in [2.45, 2.75) is 31.2 Å². The Morgan fingerprint density at radius 3 is 2.53 bits per heavy atom. The van der Waals surface area contributed by atoms with Crippen molar-refractivity contribution in [2.75, 3.05) is 19.8 Å². The number of carbonyl (C=O) groups is 2. The molecule has 0 aliphatic carbocycles. The summed E-state index contributed by atoms with van der Waals surface area (Å²) in [6.45, 7) is -2.03. The summed E-state index contributed by atoms with van der Waals surface area (Å²) < 4.78 is 39.6. The number of nitrogens with zero attached hydrogens (tertiary/aromatic N) is 1. The summed E-state index contributed by atoms with van der Waals surface area (Å²) in [7, 11) is 0. The minimum Gasteiger partial charge on any atom is -0.480 e. The number of likely N-dealkylation sites (tertiary alicyclic amines) is 1. The number of ether oxygens (including phenoxy) is 1. The first-order valence-electron chi connectivity index (χ1n) is 5.55. The highest BCUT2D eigenvalue weighted by Gasteiger charge is 2.38. The van der Waals surface area contributed by atoms with Crippen LogP contribution in [0.25, 0.3) is 0 Å². The zero-order chi connectivity index (χ0) is 14.6. The summed E-state index contributed by atoms with van der Waals surface area (Å²) in [6.07, 6.45) is -5.82. The van der Waals surface area contributed by atoms with Crippen LogP contribution < -0.4 is 0 Å². The van der Waals surface area contributed by atoms with E-state index in [9.17, 15) is 27.9 Å². The van der Waals surface area contributed by atoms with Gasteiger partial charge in [0.25, 0.3) is 0 Å². The van der Waals surface area contributed by atoms with E-state index in [1.165, 1.54) is 0 Å². The van der Waals surface area contributed by atoms with Gasteiger partial charge >= 0.3 is 12.1 Å². The van der Waals surface area contributed by atoms with Crippen LogP contribution in [0.5, 0.6) is 0 Å². The number of alkyl halides is 3. The summed E-state index contributed by atoms with van der Waals surface area (Å²) >= 11 is 0. The van der Waals surface area contributed by atoms with Gasteiger partial charge in [-0.2, -0.15) is 13.2 Å². The van der Waals surface area contributed by atoms with E-state index in [2.05, 4.69) is 4.74 Å². The lowest BCUT2D eigenvalue weighted by Crippen LogP contribution is -2.41. The summed E-state index contributed by atoms with van der Waals surface area (Å²) in [4.78, 5) is 23.4. The monoisotopic (exact) mass is 285 g/mol. The van der Waals surface area contributed by atoms with Gasteiger partial charge in [-0.05, 0) is 0 Å². The molecule has 0 radical (unpaired) electrons. The third kappa shape index (κ3) is 5.03. The highest BCUT2D eigenvalue weighted by Crippen LogP contribution is 2.19. The molecule has 2 atom stereocenters. The van der Waals surface area contributed by atoms with Crippen molar-refractivity contribution in [3.05, 3.63) is 0 Å². The molecule has 1 rings (SSSR count). The van der Waals surface area contributed by atoms with Gasteiger partial charge < -0.3 is 19.8 Å². The molecule has 0 saturated carbocycles. The number of aliphatic carboxylic acids is 1. The summed E-state index contributed by atoms with van der Waals surface area (Å²) in [5.41, 5.74) is 0. The molecule has 0 aromatic rings. The van der Waals surface area contributed by atoms with E-state index in [4.69, 9.17) is 5.11 Å². The lowest BCUT2D eigenvalue weighted by molar-refractivity contribution is -0.175.